The van der Waals surface area contributed by atoms with Gasteiger partial charge in [-0.3, -0.25) is 0 Å². The normalized spacial score (nSPS) is 15.1. The maximum absolute atomic E-state index is 10.2. The van der Waals surface area contributed by atoms with Crippen LogP contribution >= 0.6 is 0 Å². The number of anilines is 1. The van der Waals surface area contributed by atoms with Crippen molar-refractivity contribution in [1.82, 2.24) is 9.97 Å². The first-order valence-electron chi connectivity index (χ1n) is 9.51. The van der Waals surface area contributed by atoms with Crippen LogP contribution in [-0.2, 0) is 4.74 Å². The fraction of sp³-hybridized carbons (Fsp3) is 0.333. The van der Waals surface area contributed by atoms with Crippen LogP contribution in [0.15, 0.2) is 48.5 Å². The van der Waals surface area contributed by atoms with Gasteiger partial charge in [-0.25, -0.2) is 9.97 Å². The van der Waals surface area contributed by atoms with Gasteiger partial charge >= 0.3 is 0 Å². The molecule has 1 aliphatic heterocycles. The lowest BCUT2D eigenvalue weighted by atomic mass is 10.1. The monoisotopic (exact) mass is 365 g/mol. The van der Waals surface area contributed by atoms with E-state index in [1.807, 2.05) is 36.4 Å². The Morgan fingerprint density at radius 3 is 2.63 bits per heavy atom. The maximum atomic E-state index is 10.2. The summed E-state index contributed by atoms with van der Waals surface area (Å²) in [5.41, 5.74) is 1.51. The number of morpholine rings is 1. The van der Waals surface area contributed by atoms with E-state index >= 15 is 0 Å². The molecule has 0 amide bonds. The van der Waals surface area contributed by atoms with E-state index in [-0.39, 0.29) is 5.75 Å². The van der Waals surface area contributed by atoms with E-state index in [1.165, 1.54) is 0 Å². The molecule has 0 spiro atoms. The van der Waals surface area contributed by atoms with Gasteiger partial charge in [0.05, 0.1) is 30.8 Å². The molecule has 2 aromatic carbocycles. The van der Waals surface area contributed by atoms with E-state index in [2.05, 4.69) is 10.3 Å². The van der Waals surface area contributed by atoms with Crippen LogP contribution in [0.25, 0.3) is 22.3 Å². The van der Waals surface area contributed by atoms with Gasteiger partial charge in [0.2, 0.25) is 0 Å². The van der Waals surface area contributed by atoms with Crippen LogP contribution in [-0.4, -0.2) is 54.5 Å². The molecule has 1 aliphatic rings. The SMILES string of the molecule is Oc1ccccc1-c1nc(NCCC[NH+]2CCOCC2)c2ccccc2n1. The molecule has 0 bridgehead atoms. The molecule has 140 valence electrons. The Bertz CT molecular complexity index is 910. The highest BCUT2D eigenvalue weighted by atomic mass is 16.5. The Hall–Kier alpha value is -2.70. The van der Waals surface area contributed by atoms with Gasteiger partial charge in [-0.2, -0.15) is 0 Å². The molecule has 1 saturated heterocycles. The minimum atomic E-state index is 0.189. The topological polar surface area (TPSA) is 71.7 Å². The van der Waals surface area contributed by atoms with Crippen LogP contribution < -0.4 is 10.2 Å². The Morgan fingerprint density at radius 1 is 1.00 bits per heavy atom. The molecule has 3 N–H and O–H groups in total. The van der Waals surface area contributed by atoms with Crippen LogP contribution in [0.4, 0.5) is 5.82 Å². The third kappa shape index (κ3) is 4.18. The van der Waals surface area contributed by atoms with Crippen molar-refractivity contribution in [2.24, 2.45) is 0 Å². The van der Waals surface area contributed by atoms with Crippen molar-refractivity contribution in [3.8, 4) is 17.1 Å². The highest BCUT2D eigenvalue weighted by Gasteiger charge is 2.14. The van der Waals surface area contributed by atoms with Crippen LogP contribution in [0.5, 0.6) is 5.75 Å². The summed E-state index contributed by atoms with van der Waals surface area (Å²) in [6, 6.07) is 15.1. The van der Waals surface area contributed by atoms with Crippen LogP contribution in [0.1, 0.15) is 6.42 Å². The van der Waals surface area contributed by atoms with Crippen molar-refractivity contribution in [1.29, 1.82) is 0 Å². The molecular weight excluding hydrogens is 340 g/mol. The average molecular weight is 365 g/mol. The third-order valence-electron chi connectivity index (χ3n) is 4.95. The number of quaternary nitrogens is 1. The van der Waals surface area contributed by atoms with Gasteiger partial charge < -0.3 is 20.1 Å². The van der Waals surface area contributed by atoms with E-state index in [0.29, 0.717) is 11.4 Å². The summed E-state index contributed by atoms with van der Waals surface area (Å²) < 4.78 is 5.41. The summed E-state index contributed by atoms with van der Waals surface area (Å²) in [5, 5.41) is 14.6. The second kappa shape index (κ2) is 8.33. The fourth-order valence-corrected chi connectivity index (χ4v) is 3.45. The largest absolute Gasteiger partial charge is 0.507 e. The summed E-state index contributed by atoms with van der Waals surface area (Å²) in [5.74, 6) is 1.54. The summed E-state index contributed by atoms with van der Waals surface area (Å²) in [6.45, 7) is 5.89. The van der Waals surface area contributed by atoms with Crippen LogP contribution in [0, 0.1) is 0 Å². The Morgan fingerprint density at radius 2 is 1.78 bits per heavy atom. The molecule has 6 heteroatoms. The van der Waals surface area contributed by atoms with Gasteiger partial charge in [0, 0.05) is 18.4 Å². The van der Waals surface area contributed by atoms with Crippen molar-refractivity contribution in [3.63, 3.8) is 0 Å². The van der Waals surface area contributed by atoms with Crippen LogP contribution in [0.2, 0.25) is 0 Å². The number of ether oxygens (including phenoxy) is 1. The van der Waals surface area contributed by atoms with E-state index in [9.17, 15) is 5.11 Å². The first-order chi connectivity index (χ1) is 13.3. The number of benzene rings is 2. The second-order valence-electron chi connectivity index (χ2n) is 6.82. The summed E-state index contributed by atoms with van der Waals surface area (Å²) in [7, 11) is 0. The van der Waals surface area contributed by atoms with E-state index < -0.39 is 0 Å². The van der Waals surface area contributed by atoms with Crippen LogP contribution in [0.3, 0.4) is 0 Å². The zero-order chi connectivity index (χ0) is 18.5. The van der Waals surface area contributed by atoms with Gasteiger partial charge in [-0.15, -0.1) is 0 Å². The number of aromatic hydroxyl groups is 1. The molecule has 0 aliphatic carbocycles. The molecule has 0 saturated carbocycles. The van der Waals surface area contributed by atoms with Gasteiger partial charge in [0.1, 0.15) is 24.7 Å². The highest BCUT2D eigenvalue weighted by Crippen LogP contribution is 2.29. The molecule has 0 atom stereocenters. The predicted molar refractivity (Wildman–Crippen MR) is 106 cm³/mol. The number of hydrogen-bond donors (Lipinski definition) is 3. The number of para-hydroxylation sites is 2. The minimum Gasteiger partial charge on any atom is -0.507 e. The smallest absolute Gasteiger partial charge is 0.165 e. The molecular formula is C21H25N4O2+. The molecule has 2 heterocycles. The highest BCUT2D eigenvalue weighted by molar-refractivity contribution is 5.90. The standard InChI is InChI=1S/C21H24N4O2/c26-19-9-4-2-7-17(19)21-23-18-8-3-1-6-16(18)20(24-21)22-10-5-11-25-12-14-27-15-13-25/h1-4,6-9,26H,5,10-15H2,(H,22,23,24)/p+1. The molecule has 0 unspecified atom stereocenters. The van der Waals surface area contributed by atoms with Crippen molar-refractivity contribution in [2.75, 3.05) is 44.7 Å². The summed E-state index contributed by atoms with van der Waals surface area (Å²) in [6.07, 6.45) is 1.07. The Labute approximate surface area is 158 Å². The Kier molecular flexibility index (Phi) is 5.46. The molecule has 4 rings (SSSR count). The first kappa shape index (κ1) is 17.7. The third-order valence-corrected chi connectivity index (χ3v) is 4.95. The number of nitrogens with zero attached hydrogens (tertiary/aromatic N) is 2. The van der Waals surface area contributed by atoms with Gasteiger partial charge in [0.25, 0.3) is 0 Å². The van der Waals surface area contributed by atoms with E-state index in [4.69, 9.17) is 9.72 Å². The Balaban J connectivity index is 1.53. The minimum absolute atomic E-state index is 0.189. The lowest BCUT2D eigenvalue weighted by molar-refractivity contribution is -0.908. The maximum Gasteiger partial charge on any atom is 0.165 e. The fourth-order valence-electron chi connectivity index (χ4n) is 3.45. The lowest BCUT2D eigenvalue weighted by Gasteiger charge is -2.23. The number of fused-ring (bicyclic) bond motifs is 1. The quantitative estimate of drug-likeness (QED) is 0.580. The molecule has 1 aromatic heterocycles. The molecule has 1 fully saturated rings. The van der Waals surface area contributed by atoms with Crippen molar-refractivity contribution < 1.29 is 14.7 Å². The predicted octanol–water partition coefficient (Wildman–Crippen LogP) is 1.72. The zero-order valence-electron chi connectivity index (χ0n) is 15.3. The molecule has 0 radical (unpaired) electrons. The summed E-state index contributed by atoms with van der Waals surface area (Å²) >= 11 is 0. The molecule has 27 heavy (non-hydrogen) atoms. The van der Waals surface area contributed by atoms with Gasteiger partial charge in [0.15, 0.2) is 5.82 Å². The van der Waals surface area contributed by atoms with Gasteiger partial charge in [-0.05, 0) is 24.3 Å². The first-order valence-corrected chi connectivity index (χ1v) is 9.51. The molecule has 3 aromatic rings. The number of rotatable bonds is 6. The number of nitrogens with one attached hydrogen (secondary N) is 2. The summed E-state index contributed by atoms with van der Waals surface area (Å²) in [4.78, 5) is 10.9. The lowest BCUT2D eigenvalue weighted by Crippen LogP contribution is -3.14. The van der Waals surface area contributed by atoms with E-state index in [1.54, 1.807) is 17.0 Å². The van der Waals surface area contributed by atoms with Crippen molar-refractivity contribution >= 4 is 16.7 Å². The number of hydrogen-bond acceptors (Lipinski definition) is 5. The number of phenolic OH excluding ortho intramolecular Hbond substituents is 1. The molecule has 6 nitrogen and oxygen atoms in total. The number of phenols is 1. The number of aromatic nitrogens is 2. The van der Waals surface area contributed by atoms with E-state index in [0.717, 1.165) is 62.5 Å². The van der Waals surface area contributed by atoms with Crippen molar-refractivity contribution in [3.05, 3.63) is 48.5 Å². The average Bonchev–Trinajstić information content (AvgIpc) is 2.72. The van der Waals surface area contributed by atoms with Crippen molar-refractivity contribution in [2.45, 2.75) is 6.42 Å². The second-order valence-corrected chi connectivity index (χ2v) is 6.82. The van der Waals surface area contributed by atoms with Gasteiger partial charge in [-0.1, -0.05) is 24.3 Å². The zero-order valence-corrected chi connectivity index (χ0v) is 15.3.